The van der Waals surface area contributed by atoms with Crippen LogP contribution in [0.3, 0.4) is 0 Å². The number of hydrogen-bond donors (Lipinski definition) is 2. The van der Waals surface area contributed by atoms with E-state index in [1.165, 1.54) is 0 Å². The normalized spacial score (nSPS) is 11.4. The molecule has 0 aliphatic carbocycles. The Morgan fingerprint density at radius 1 is 1.27 bits per heavy atom. The second-order valence-electron chi connectivity index (χ2n) is 4.74. The molecule has 0 bridgehead atoms. The Kier molecular flexibility index (Phi) is 4.59. The monoisotopic (exact) mass is 295 g/mol. The number of aryl methyl sites for hydroxylation is 2. The van der Waals surface area contributed by atoms with Crippen LogP contribution in [0.1, 0.15) is 21.7 Å². The summed E-state index contributed by atoms with van der Waals surface area (Å²) < 4.78 is 1.60. The van der Waals surface area contributed by atoms with E-state index in [-0.39, 0.29) is 11.6 Å². The topological polar surface area (TPSA) is 82.7 Å². The van der Waals surface area contributed by atoms with Gasteiger partial charge in [0.15, 0.2) is 11.5 Å². The smallest absolute Gasteiger partial charge is 0.256 e. The van der Waals surface area contributed by atoms with E-state index in [4.69, 9.17) is 0 Å². The van der Waals surface area contributed by atoms with Crippen LogP contribution in [0.15, 0.2) is 42.1 Å². The molecule has 2 aromatic rings. The average molecular weight is 295 g/mol. The lowest BCUT2D eigenvalue weighted by molar-refractivity contribution is 0.0967. The Bertz CT molecular complexity index is 753. The summed E-state index contributed by atoms with van der Waals surface area (Å²) >= 11 is 0. The van der Waals surface area contributed by atoms with E-state index in [9.17, 15) is 10.1 Å². The lowest BCUT2D eigenvalue weighted by Gasteiger charge is -2.12. The van der Waals surface area contributed by atoms with Crippen molar-refractivity contribution in [3.05, 3.63) is 59.0 Å². The third kappa shape index (κ3) is 3.15. The van der Waals surface area contributed by atoms with Gasteiger partial charge in [-0.3, -0.25) is 4.79 Å². The first-order valence-corrected chi connectivity index (χ1v) is 6.79. The van der Waals surface area contributed by atoms with Crippen molar-refractivity contribution in [2.24, 2.45) is 0 Å². The number of allylic oxidation sites excluding steroid dienone is 1. The van der Waals surface area contributed by atoms with Gasteiger partial charge >= 0.3 is 0 Å². The molecule has 0 fully saturated rings. The van der Waals surface area contributed by atoms with Crippen molar-refractivity contribution in [2.45, 2.75) is 13.8 Å². The maximum atomic E-state index is 12.2. The Morgan fingerprint density at radius 3 is 2.45 bits per heavy atom. The van der Waals surface area contributed by atoms with Gasteiger partial charge in [-0.05, 0) is 32.0 Å². The van der Waals surface area contributed by atoms with Crippen molar-refractivity contribution >= 4 is 11.7 Å². The second-order valence-corrected chi connectivity index (χ2v) is 4.74. The first-order valence-electron chi connectivity index (χ1n) is 6.79. The number of rotatable bonds is 4. The molecule has 0 aliphatic heterocycles. The second kappa shape index (κ2) is 6.59. The van der Waals surface area contributed by atoms with Gasteiger partial charge in [-0.2, -0.15) is 10.4 Å². The average Bonchev–Trinajstić information content (AvgIpc) is 2.86. The molecular weight excluding hydrogens is 278 g/mol. The van der Waals surface area contributed by atoms with E-state index in [0.717, 1.165) is 11.4 Å². The highest BCUT2D eigenvalue weighted by atomic mass is 16.1. The standard InChI is InChI=1S/C16H17N5O/c1-11-9-12(2)21(20-11)15(18-3)14(10-17)19-16(22)13-7-5-4-6-8-13/h4-9,18H,1-3H3,(H,19,22). The number of hydrogen-bond acceptors (Lipinski definition) is 4. The molecule has 2 N–H and O–H groups in total. The zero-order chi connectivity index (χ0) is 16.1. The van der Waals surface area contributed by atoms with Crippen molar-refractivity contribution in [3.63, 3.8) is 0 Å². The molecule has 0 radical (unpaired) electrons. The summed E-state index contributed by atoms with van der Waals surface area (Å²) in [6.45, 7) is 3.75. The van der Waals surface area contributed by atoms with Gasteiger partial charge in [-0.1, -0.05) is 18.2 Å². The summed E-state index contributed by atoms with van der Waals surface area (Å²) in [5.41, 5.74) is 2.29. The number of nitrogens with zero attached hydrogens (tertiary/aromatic N) is 3. The molecule has 0 saturated heterocycles. The molecule has 2 rings (SSSR count). The van der Waals surface area contributed by atoms with Crippen LogP contribution in [0.2, 0.25) is 0 Å². The predicted octanol–water partition coefficient (Wildman–Crippen LogP) is 1.80. The van der Waals surface area contributed by atoms with Gasteiger partial charge in [-0.15, -0.1) is 0 Å². The van der Waals surface area contributed by atoms with Crippen LogP contribution < -0.4 is 10.6 Å². The lowest BCUT2D eigenvalue weighted by atomic mass is 10.2. The predicted molar refractivity (Wildman–Crippen MR) is 83.5 cm³/mol. The molecule has 0 atom stereocenters. The number of nitriles is 1. The van der Waals surface area contributed by atoms with Gasteiger partial charge in [0, 0.05) is 18.3 Å². The summed E-state index contributed by atoms with van der Waals surface area (Å²) in [7, 11) is 1.68. The largest absolute Gasteiger partial charge is 0.371 e. The Hall–Kier alpha value is -3.07. The molecule has 0 saturated carbocycles. The molecule has 0 unspecified atom stereocenters. The van der Waals surface area contributed by atoms with Crippen molar-refractivity contribution in [1.29, 1.82) is 5.26 Å². The maximum Gasteiger partial charge on any atom is 0.256 e. The van der Waals surface area contributed by atoms with Gasteiger partial charge in [-0.25, -0.2) is 4.68 Å². The van der Waals surface area contributed by atoms with Crippen molar-refractivity contribution in [3.8, 4) is 6.07 Å². The van der Waals surface area contributed by atoms with Crippen LogP contribution >= 0.6 is 0 Å². The quantitative estimate of drug-likeness (QED) is 0.843. The van der Waals surface area contributed by atoms with Crippen LogP contribution in [0.5, 0.6) is 0 Å². The minimum absolute atomic E-state index is 0.113. The molecule has 6 heteroatoms. The molecule has 1 heterocycles. The molecule has 0 aliphatic rings. The zero-order valence-corrected chi connectivity index (χ0v) is 12.7. The number of amides is 1. The van der Waals surface area contributed by atoms with Crippen molar-refractivity contribution in [2.75, 3.05) is 7.05 Å². The van der Waals surface area contributed by atoms with Gasteiger partial charge < -0.3 is 10.6 Å². The van der Waals surface area contributed by atoms with Crippen LogP contribution in [-0.4, -0.2) is 22.7 Å². The summed E-state index contributed by atoms with van der Waals surface area (Å²) in [4.78, 5) is 12.2. The molecule has 22 heavy (non-hydrogen) atoms. The molecular formula is C16H17N5O. The van der Waals surface area contributed by atoms with E-state index in [2.05, 4.69) is 15.7 Å². The first kappa shape index (κ1) is 15.3. The summed E-state index contributed by atoms with van der Waals surface area (Å²) in [5, 5.41) is 19.3. The molecule has 1 amide bonds. The van der Waals surface area contributed by atoms with Crippen LogP contribution in [0.25, 0.3) is 5.82 Å². The number of benzene rings is 1. The summed E-state index contributed by atoms with van der Waals surface area (Å²) in [6.07, 6.45) is 0. The van der Waals surface area contributed by atoms with Gasteiger partial charge in [0.2, 0.25) is 0 Å². The number of aromatic nitrogens is 2. The number of carbonyl (C=O) groups excluding carboxylic acids is 1. The Labute approximate surface area is 129 Å². The van der Waals surface area contributed by atoms with Gasteiger partial charge in [0.25, 0.3) is 5.91 Å². The Balaban J connectivity index is 2.38. The fourth-order valence-corrected chi connectivity index (χ4v) is 2.11. The number of nitrogens with one attached hydrogen (secondary N) is 2. The van der Waals surface area contributed by atoms with Gasteiger partial charge in [0.1, 0.15) is 6.07 Å². The molecule has 1 aromatic heterocycles. The highest BCUT2D eigenvalue weighted by Crippen LogP contribution is 2.11. The van der Waals surface area contributed by atoms with Crippen LogP contribution in [-0.2, 0) is 0 Å². The molecule has 6 nitrogen and oxygen atoms in total. The van der Waals surface area contributed by atoms with Crippen LogP contribution in [0, 0.1) is 25.2 Å². The third-order valence-electron chi connectivity index (χ3n) is 3.08. The molecule has 0 spiro atoms. The van der Waals surface area contributed by atoms with E-state index in [1.54, 1.807) is 36.0 Å². The van der Waals surface area contributed by atoms with Crippen LogP contribution in [0.4, 0.5) is 0 Å². The third-order valence-corrected chi connectivity index (χ3v) is 3.08. The number of carbonyl (C=O) groups is 1. The van der Waals surface area contributed by atoms with E-state index < -0.39 is 0 Å². The highest BCUT2D eigenvalue weighted by molar-refractivity contribution is 5.96. The van der Waals surface area contributed by atoms with E-state index in [1.807, 2.05) is 32.0 Å². The minimum atomic E-state index is -0.341. The lowest BCUT2D eigenvalue weighted by Crippen LogP contribution is -2.28. The van der Waals surface area contributed by atoms with Crippen molar-refractivity contribution < 1.29 is 4.79 Å². The molecule has 1 aromatic carbocycles. The van der Waals surface area contributed by atoms with E-state index >= 15 is 0 Å². The molecule has 112 valence electrons. The fourth-order valence-electron chi connectivity index (χ4n) is 2.11. The summed E-state index contributed by atoms with van der Waals surface area (Å²) in [6, 6.07) is 12.6. The van der Waals surface area contributed by atoms with Crippen molar-refractivity contribution in [1.82, 2.24) is 20.4 Å². The van der Waals surface area contributed by atoms with Gasteiger partial charge in [0.05, 0.1) is 5.69 Å². The minimum Gasteiger partial charge on any atom is -0.371 e. The SMILES string of the molecule is CNC(=C(C#N)NC(=O)c1ccccc1)n1nc(C)cc1C. The summed E-state index contributed by atoms with van der Waals surface area (Å²) in [5.74, 6) is 0.0869. The Morgan fingerprint density at radius 2 is 1.95 bits per heavy atom. The fraction of sp³-hybridized carbons (Fsp3) is 0.188. The first-order chi connectivity index (χ1) is 10.6. The van der Waals surface area contributed by atoms with E-state index in [0.29, 0.717) is 11.4 Å². The maximum absolute atomic E-state index is 12.2. The zero-order valence-electron chi connectivity index (χ0n) is 12.7. The highest BCUT2D eigenvalue weighted by Gasteiger charge is 2.15.